The highest BCUT2D eigenvalue weighted by molar-refractivity contribution is 7.98. The van der Waals surface area contributed by atoms with Crippen LogP contribution in [0, 0.1) is 0 Å². The Balaban J connectivity index is 1.80. The number of hydrogen-bond donors (Lipinski definition) is 1. The summed E-state index contributed by atoms with van der Waals surface area (Å²) in [5.74, 6) is -1.21. The number of nitrogens with one attached hydrogen (secondary N) is 1. The van der Waals surface area contributed by atoms with Gasteiger partial charge in [0.15, 0.2) is 6.61 Å². The van der Waals surface area contributed by atoms with Gasteiger partial charge in [-0.2, -0.15) is 0 Å². The molecule has 0 bridgehead atoms. The third-order valence-corrected chi connectivity index (χ3v) is 7.74. The van der Waals surface area contributed by atoms with Gasteiger partial charge in [-0.3, -0.25) is 4.79 Å². The average molecular weight is 478 g/mol. The molecule has 1 amide bonds. The normalized spacial score (nSPS) is 13.9. The van der Waals surface area contributed by atoms with Gasteiger partial charge >= 0.3 is 5.97 Å². The standard InChI is InChI=1S/C22H27N3O5S2/c1-24(2)32(28,29)16-10-11-19(25-12-6-7-13-25)17(14-16)22(27)30-15-21(26)23-18-8-4-5-9-20(18)31-3/h4-5,8-11,14H,6-7,12-13,15H2,1-3H3,(H,23,26). The minimum Gasteiger partial charge on any atom is -0.452 e. The van der Waals surface area contributed by atoms with Gasteiger partial charge in [0.1, 0.15) is 0 Å². The Hall–Kier alpha value is -2.56. The van der Waals surface area contributed by atoms with Crippen LogP contribution in [0.4, 0.5) is 11.4 Å². The molecule has 10 heteroatoms. The van der Waals surface area contributed by atoms with Crippen molar-refractivity contribution in [3.05, 3.63) is 48.0 Å². The smallest absolute Gasteiger partial charge is 0.340 e. The third-order valence-electron chi connectivity index (χ3n) is 5.13. The first-order chi connectivity index (χ1) is 15.2. The third kappa shape index (κ3) is 5.43. The van der Waals surface area contributed by atoms with Crippen molar-refractivity contribution >= 4 is 45.0 Å². The molecule has 1 fully saturated rings. The van der Waals surface area contributed by atoms with Crippen molar-refractivity contribution in [3.8, 4) is 0 Å². The Kier molecular flexibility index (Phi) is 7.81. The second-order valence-electron chi connectivity index (χ2n) is 7.49. The molecule has 0 radical (unpaired) electrons. The number of amides is 1. The maximum absolute atomic E-state index is 12.9. The second kappa shape index (κ2) is 10.4. The lowest BCUT2D eigenvalue weighted by Gasteiger charge is -2.22. The molecule has 1 heterocycles. The van der Waals surface area contributed by atoms with Gasteiger partial charge in [-0.15, -0.1) is 11.8 Å². The van der Waals surface area contributed by atoms with E-state index >= 15 is 0 Å². The van der Waals surface area contributed by atoms with Gasteiger partial charge in [0.25, 0.3) is 5.91 Å². The lowest BCUT2D eigenvalue weighted by molar-refractivity contribution is -0.119. The summed E-state index contributed by atoms with van der Waals surface area (Å²) in [6.07, 6.45) is 3.88. The number of para-hydroxylation sites is 1. The first kappa shape index (κ1) is 24.1. The average Bonchev–Trinajstić information content (AvgIpc) is 3.32. The van der Waals surface area contributed by atoms with Crippen LogP contribution < -0.4 is 10.2 Å². The molecule has 1 aliphatic rings. The summed E-state index contributed by atoms with van der Waals surface area (Å²) in [7, 11) is -0.869. The predicted octanol–water partition coefficient (Wildman–Crippen LogP) is 3.05. The molecule has 1 aliphatic heterocycles. The summed E-state index contributed by atoms with van der Waals surface area (Å²) in [5, 5.41) is 2.74. The van der Waals surface area contributed by atoms with E-state index in [9.17, 15) is 18.0 Å². The Morgan fingerprint density at radius 2 is 1.81 bits per heavy atom. The van der Waals surface area contributed by atoms with Gasteiger partial charge in [-0.25, -0.2) is 17.5 Å². The molecule has 1 N–H and O–H groups in total. The molecule has 172 valence electrons. The predicted molar refractivity (Wildman–Crippen MR) is 126 cm³/mol. The van der Waals surface area contributed by atoms with E-state index in [0.717, 1.165) is 35.1 Å². The molecule has 0 aromatic heterocycles. The van der Waals surface area contributed by atoms with Crippen molar-refractivity contribution in [3.63, 3.8) is 0 Å². The number of hydrogen-bond acceptors (Lipinski definition) is 7. The molecule has 2 aromatic rings. The van der Waals surface area contributed by atoms with Gasteiger partial charge in [0.2, 0.25) is 10.0 Å². The lowest BCUT2D eigenvalue weighted by Crippen LogP contribution is -2.26. The monoisotopic (exact) mass is 477 g/mol. The van der Waals surface area contributed by atoms with Crippen LogP contribution in [0.15, 0.2) is 52.3 Å². The number of benzene rings is 2. The van der Waals surface area contributed by atoms with Crippen LogP contribution in [0.5, 0.6) is 0 Å². The van der Waals surface area contributed by atoms with E-state index in [2.05, 4.69) is 5.32 Å². The number of carbonyl (C=O) groups is 2. The summed E-state index contributed by atoms with van der Waals surface area (Å²) in [4.78, 5) is 28.2. The lowest BCUT2D eigenvalue weighted by atomic mass is 10.1. The number of carbonyl (C=O) groups excluding carboxylic acids is 2. The number of rotatable bonds is 8. The van der Waals surface area contributed by atoms with Crippen molar-refractivity contribution in [2.45, 2.75) is 22.6 Å². The zero-order valence-corrected chi connectivity index (χ0v) is 20.0. The maximum atomic E-state index is 12.9. The van der Waals surface area contributed by atoms with Crippen molar-refractivity contribution < 1.29 is 22.7 Å². The number of ether oxygens (including phenoxy) is 1. The number of esters is 1. The quantitative estimate of drug-likeness (QED) is 0.461. The molecule has 2 aromatic carbocycles. The van der Waals surface area contributed by atoms with Crippen molar-refractivity contribution in [2.75, 3.05) is 50.3 Å². The van der Waals surface area contributed by atoms with Crippen LogP contribution in [0.25, 0.3) is 0 Å². The molecule has 3 rings (SSSR count). The molecule has 32 heavy (non-hydrogen) atoms. The summed E-state index contributed by atoms with van der Waals surface area (Å²) < 4.78 is 31.5. The zero-order valence-electron chi connectivity index (χ0n) is 18.3. The van der Waals surface area contributed by atoms with Crippen LogP contribution in [0.3, 0.4) is 0 Å². The summed E-state index contributed by atoms with van der Waals surface area (Å²) in [6, 6.07) is 11.8. The molecule has 0 atom stereocenters. The van der Waals surface area contributed by atoms with Crippen LogP contribution in [0.2, 0.25) is 0 Å². The SMILES string of the molecule is CSc1ccccc1NC(=O)COC(=O)c1cc(S(=O)(=O)N(C)C)ccc1N1CCCC1. The summed E-state index contributed by atoms with van der Waals surface area (Å²) in [5.41, 5.74) is 1.38. The molecule has 0 saturated carbocycles. The van der Waals surface area contributed by atoms with Crippen LogP contribution in [0.1, 0.15) is 23.2 Å². The minimum absolute atomic E-state index is 0.00394. The van der Waals surface area contributed by atoms with E-state index in [1.807, 2.05) is 23.3 Å². The van der Waals surface area contributed by atoms with Crippen molar-refractivity contribution in [1.29, 1.82) is 0 Å². The Bertz CT molecular complexity index is 1100. The second-order valence-corrected chi connectivity index (χ2v) is 10.5. The van der Waals surface area contributed by atoms with Gasteiger partial charge in [-0.05, 0) is 49.4 Å². The molecule has 1 saturated heterocycles. The number of thioether (sulfide) groups is 1. The van der Waals surface area contributed by atoms with Gasteiger partial charge < -0.3 is 15.0 Å². The fourth-order valence-electron chi connectivity index (χ4n) is 3.43. The molecule has 8 nitrogen and oxygen atoms in total. The Morgan fingerprint density at radius 1 is 1.12 bits per heavy atom. The van der Waals surface area contributed by atoms with E-state index < -0.39 is 28.5 Å². The van der Waals surface area contributed by atoms with E-state index in [0.29, 0.717) is 11.4 Å². The van der Waals surface area contributed by atoms with Gasteiger partial charge in [0, 0.05) is 32.1 Å². The molecule has 0 spiro atoms. The molecule has 0 aliphatic carbocycles. The van der Waals surface area contributed by atoms with Crippen LogP contribution in [-0.2, 0) is 19.6 Å². The topological polar surface area (TPSA) is 96.0 Å². The van der Waals surface area contributed by atoms with Crippen LogP contribution >= 0.6 is 11.8 Å². The summed E-state index contributed by atoms with van der Waals surface area (Å²) in [6.45, 7) is 1.06. The molecular formula is C22H27N3O5S2. The zero-order chi connectivity index (χ0) is 23.3. The van der Waals surface area contributed by atoms with Gasteiger partial charge in [-0.1, -0.05) is 12.1 Å². The Morgan fingerprint density at radius 3 is 2.47 bits per heavy atom. The first-order valence-electron chi connectivity index (χ1n) is 10.2. The first-order valence-corrected chi connectivity index (χ1v) is 12.8. The van der Waals surface area contributed by atoms with Crippen molar-refractivity contribution in [2.24, 2.45) is 0 Å². The number of anilines is 2. The Labute approximate surface area is 193 Å². The largest absolute Gasteiger partial charge is 0.452 e. The highest BCUT2D eigenvalue weighted by Gasteiger charge is 2.25. The van der Waals surface area contributed by atoms with E-state index in [1.54, 1.807) is 18.2 Å². The van der Waals surface area contributed by atoms with E-state index in [1.165, 1.54) is 38.0 Å². The fourth-order valence-corrected chi connectivity index (χ4v) is 4.91. The highest BCUT2D eigenvalue weighted by atomic mass is 32.2. The van der Waals surface area contributed by atoms with Gasteiger partial charge in [0.05, 0.1) is 21.8 Å². The minimum atomic E-state index is -3.73. The maximum Gasteiger partial charge on any atom is 0.340 e. The number of nitrogens with zero attached hydrogens (tertiary/aromatic N) is 2. The van der Waals surface area contributed by atoms with E-state index in [4.69, 9.17) is 4.74 Å². The summed E-state index contributed by atoms with van der Waals surface area (Å²) >= 11 is 1.49. The highest BCUT2D eigenvalue weighted by Crippen LogP contribution is 2.29. The fraction of sp³-hybridized carbons (Fsp3) is 0.364. The molecular weight excluding hydrogens is 450 g/mol. The molecule has 0 unspecified atom stereocenters. The van der Waals surface area contributed by atoms with Crippen LogP contribution in [-0.4, -0.2) is 64.6 Å². The number of sulfonamides is 1. The van der Waals surface area contributed by atoms with E-state index in [-0.39, 0.29) is 10.5 Å². The van der Waals surface area contributed by atoms with Crippen molar-refractivity contribution in [1.82, 2.24) is 4.31 Å².